The number of hydrogen-bond acceptors (Lipinski definition) is 2. The van der Waals surface area contributed by atoms with Crippen molar-refractivity contribution in [3.63, 3.8) is 0 Å². The molecule has 0 bridgehead atoms. The van der Waals surface area contributed by atoms with E-state index >= 15 is 0 Å². The van der Waals surface area contributed by atoms with Crippen LogP contribution in [-0.2, 0) is 0 Å². The van der Waals surface area contributed by atoms with Gasteiger partial charge in [0.25, 0.3) is 0 Å². The van der Waals surface area contributed by atoms with Crippen LogP contribution in [0.15, 0.2) is 97.1 Å². The third-order valence-corrected chi connectivity index (χ3v) is 5.07. The minimum atomic E-state index is 0.593. The van der Waals surface area contributed by atoms with Crippen LogP contribution < -0.4 is 11.5 Å². The summed E-state index contributed by atoms with van der Waals surface area (Å²) in [6.07, 6.45) is 8.55. The number of benzene rings is 4. The molecule has 0 aliphatic carbocycles. The van der Waals surface area contributed by atoms with Crippen LogP contribution in [0.5, 0.6) is 0 Å². The zero-order chi connectivity index (χ0) is 20.8. The maximum atomic E-state index is 6.34. The Morgan fingerprint density at radius 1 is 0.467 bits per heavy atom. The first-order valence-electron chi connectivity index (χ1n) is 9.96. The highest BCUT2D eigenvalue weighted by Gasteiger charge is 2.11. The minimum Gasteiger partial charge on any atom is -0.397 e. The zero-order valence-corrected chi connectivity index (χ0v) is 16.7. The molecular formula is C28H24N2. The maximum Gasteiger partial charge on any atom is 0.0627 e. The second-order valence-electron chi connectivity index (χ2n) is 7.10. The smallest absolute Gasteiger partial charge is 0.0627 e. The molecule has 4 aromatic carbocycles. The molecule has 0 aliphatic rings. The first-order valence-corrected chi connectivity index (χ1v) is 9.96. The molecule has 0 saturated heterocycles. The van der Waals surface area contributed by atoms with Crippen molar-refractivity contribution in [2.45, 2.75) is 0 Å². The van der Waals surface area contributed by atoms with E-state index in [9.17, 15) is 0 Å². The van der Waals surface area contributed by atoms with Crippen LogP contribution in [0.25, 0.3) is 35.4 Å². The summed E-state index contributed by atoms with van der Waals surface area (Å²) in [6, 6.07) is 32.6. The summed E-state index contributed by atoms with van der Waals surface area (Å²) >= 11 is 0. The predicted octanol–water partition coefficient (Wildman–Crippen LogP) is 6.86. The van der Waals surface area contributed by atoms with Crippen molar-refractivity contribution in [2.75, 3.05) is 11.5 Å². The highest BCUT2D eigenvalue weighted by atomic mass is 14.7. The average molecular weight is 389 g/mol. The Morgan fingerprint density at radius 2 is 1.03 bits per heavy atom. The van der Waals surface area contributed by atoms with Crippen molar-refractivity contribution in [3.05, 3.63) is 119 Å². The summed E-state index contributed by atoms with van der Waals surface area (Å²) in [7, 11) is 0. The fourth-order valence-corrected chi connectivity index (χ4v) is 3.46. The molecule has 0 unspecified atom stereocenters. The van der Waals surface area contributed by atoms with E-state index in [4.69, 9.17) is 11.5 Å². The molecule has 4 aromatic rings. The van der Waals surface area contributed by atoms with Gasteiger partial charge in [0.05, 0.1) is 11.4 Å². The molecule has 0 saturated carbocycles. The van der Waals surface area contributed by atoms with Gasteiger partial charge >= 0.3 is 0 Å². The molecule has 4 N–H and O–H groups in total. The second kappa shape index (κ2) is 8.97. The lowest BCUT2D eigenvalue weighted by molar-refractivity contribution is 1.56. The fourth-order valence-electron chi connectivity index (χ4n) is 3.46. The quantitative estimate of drug-likeness (QED) is 0.290. The van der Waals surface area contributed by atoms with Gasteiger partial charge in [0, 0.05) is 5.56 Å². The van der Waals surface area contributed by atoms with Gasteiger partial charge in [-0.3, -0.25) is 0 Å². The third kappa shape index (κ3) is 4.34. The van der Waals surface area contributed by atoms with Gasteiger partial charge in [-0.05, 0) is 33.9 Å². The number of anilines is 2. The summed E-state index contributed by atoms with van der Waals surface area (Å²) in [5.41, 5.74) is 20.1. The Balaban J connectivity index is 1.84. The zero-order valence-electron chi connectivity index (χ0n) is 16.7. The van der Waals surface area contributed by atoms with Crippen molar-refractivity contribution < 1.29 is 0 Å². The highest BCUT2D eigenvalue weighted by Crippen LogP contribution is 2.35. The SMILES string of the molecule is Nc1cccc(-c2cccc(C=Cc3ccccc3)c2C=Cc2ccccc2)c1N. The van der Waals surface area contributed by atoms with Crippen molar-refractivity contribution in [1.82, 2.24) is 0 Å². The first-order chi connectivity index (χ1) is 14.7. The summed E-state index contributed by atoms with van der Waals surface area (Å²) in [4.78, 5) is 0. The first kappa shape index (κ1) is 19.3. The topological polar surface area (TPSA) is 52.0 Å². The Labute approximate surface area is 177 Å². The normalized spacial score (nSPS) is 11.3. The summed E-state index contributed by atoms with van der Waals surface area (Å²) in [5, 5.41) is 0. The molecule has 0 fully saturated rings. The number of nitrogen functional groups attached to an aromatic ring is 2. The molecule has 0 heterocycles. The molecule has 2 heteroatoms. The number of hydrogen-bond donors (Lipinski definition) is 2. The Hall–Kier alpha value is -4.04. The van der Waals surface area contributed by atoms with Crippen LogP contribution in [0.4, 0.5) is 11.4 Å². The van der Waals surface area contributed by atoms with Crippen molar-refractivity contribution in [1.29, 1.82) is 0 Å². The number of para-hydroxylation sites is 1. The van der Waals surface area contributed by atoms with Crippen LogP contribution in [0.1, 0.15) is 22.3 Å². The van der Waals surface area contributed by atoms with E-state index in [0.29, 0.717) is 11.4 Å². The Morgan fingerprint density at radius 3 is 1.70 bits per heavy atom. The lowest BCUT2D eigenvalue weighted by atomic mass is 9.92. The molecule has 0 spiro atoms. The van der Waals surface area contributed by atoms with E-state index in [1.807, 2.05) is 54.6 Å². The molecule has 0 aliphatic heterocycles. The van der Waals surface area contributed by atoms with E-state index < -0.39 is 0 Å². The van der Waals surface area contributed by atoms with E-state index in [1.165, 1.54) is 0 Å². The molecule has 30 heavy (non-hydrogen) atoms. The standard InChI is InChI=1S/C28H24N2/c29-27-16-8-15-26(28(27)30)25-14-7-13-23(19-17-21-9-3-1-4-10-21)24(25)20-18-22-11-5-2-6-12-22/h1-20H,29-30H2. The van der Waals surface area contributed by atoms with Gasteiger partial charge < -0.3 is 11.5 Å². The average Bonchev–Trinajstić information content (AvgIpc) is 2.80. The van der Waals surface area contributed by atoms with Gasteiger partial charge in [0.15, 0.2) is 0 Å². The van der Waals surface area contributed by atoms with E-state index in [-0.39, 0.29) is 0 Å². The van der Waals surface area contributed by atoms with Crippen molar-refractivity contribution in [2.24, 2.45) is 0 Å². The van der Waals surface area contributed by atoms with Crippen molar-refractivity contribution in [3.8, 4) is 11.1 Å². The lowest BCUT2D eigenvalue weighted by Gasteiger charge is -2.14. The molecule has 0 aromatic heterocycles. The lowest BCUT2D eigenvalue weighted by Crippen LogP contribution is -1.98. The molecule has 0 radical (unpaired) electrons. The predicted molar refractivity (Wildman–Crippen MR) is 131 cm³/mol. The fraction of sp³-hybridized carbons (Fsp3) is 0. The summed E-state index contributed by atoms with van der Waals surface area (Å²) in [6.45, 7) is 0. The van der Waals surface area contributed by atoms with E-state index in [1.54, 1.807) is 0 Å². The molecule has 2 nitrogen and oxygen atoms in total. The van der Waals surface area contributed by atoms with Crippen LogP contribution in [-0.4, -0.2) is 0 Å². The van der Waals surface area contributed by atoms with E-state index in [0.717, 1.165) is 33.4 Å². The van der Waals surface area contributed by atoms with E-state index in [2.05, 4.69) is 66.8 Å². The highest BCUT2D eigenvalue weighted by molar-refractivity contribution is 5.93. The van der Waals surface area contributed by atoms with Gasteiger partial charge in [0.1, 0.15) is 0 Å². The second-order valence-corrected chi connectivity index (χ2v) is 7.10. The largest absolute Gasteiger partial charge is 0.397 e. The molecule has 0 amide bonds. The van der Waals surface area contributed by atoms with Gasteiger partial charge in [-0.2, -0.15) is 0 Å². The Kier molecular flexibility index (Phi) is 5.77. The van der Waals surface area contributed by atoms with Crippen LogP contribution in [0, 0.1) is 0 Å². The van der Waals surface area contributed by atoms with Gasteiger partial charge in [-0.15, -0.1) is 0 Å². The van der Waals surface area contributed by atoms with Gasteiger partial charge in [-0.1, -0.05) is 115 Å². The summed E-state index contributed by atoms with van der Waals surface area (Å²) < 4.78 is 0. The van der Waals surface area contributed by atoms with Gasteiger partial charge in [0.2, 0.25) is 0 Å². The Bertz CT molecular complexity index is 1190. The van der Waals surface area contributed by atoms with Crippen LogP contribution >= 0.6 is 0 Å². The molecule has 146 valence electrons. The molecule has 0 atom stereocenters. The van der Waals surface area contributed by atoms with Crippen LogP contribution in [0.2, 0.25) is 0 Å². The third-order valence-electron chi connectivity index (χ3n) is 5.07. The summed E-state index contributed by atoms with van der Waals surface area (Å²) in [5.74, 6) is 0. The van der Waals surface area contributed by atoms with Gasteiger partial charge in [-0.25, -0.2) is 0 Å². The van der Waals surface area contributed by atoms with Crippen molar-refractivity contribution >= 4 is 35.7 Å². The monoisotopic (exact) mass is 388 g/mol. The van der Waals surface area contributed by atoms with Crippen LogP contribution in [0.3, 0.4) is 0 Å². The number of rotatable bonds is 5. The minimum absolute atomic E-state index is 0.593. The molecule has 4 rings (SSSR count). The maximum absolute atomic E-state index is 6.34. The molecular weight excluding hydrogens is 364 g/mol. The number of nitrogens with two attached hydrogens (primary N) is 2.